The monoisotopic (exact) mass is 465 g/mol. The smallest absolute Gasteiger partial charge is 0.298 e. The highest BCUT2D eigenvalue weighted by Crippen LogP contribution is 2.37. The Labute approximate surface area is 175 Å². The number of anilines is 1. The molecule has 2 aromatic rings. The topological polar surface area (TPSA) is 46.6 Å². The van der Waals surface area contributed by atoms with Crippen molar-refractivity contribution < 1.29 is 14.3 Å². The molecule has 3 rings (SSSR count). The maximum atomic E-state index is 12.7. The molecule has 2 aromatic carbocycles. The third-order valence-electron chi connectivity index (χ3n) is 3.70. The second-order valence-corrected chi connectivity index (χ2v) is 8.67. The summed E-state index contributed by atoms with van der Waals surface area (Å²) in [6, 6.07) is 12.2. The molecule has 140 valence electrons. The van der Waals surface area contributed by atoms with Gasteiger partial charge in [0.1, 0.15) is 5.75 Å². The van der Waals surface area contributed by atoms with E-state index in [9.17, 15) is 9.59 Å². The molecule has 0 unspecified atom stereocenters. The van der Waals surface area contributed by atoms with Gasteiger partial charge in [0, 0.05) is 5.02 Å². The van der Waals surface area contributed by atoms with E-state index in [0.717, 1.165) is 32.4 Å². The Kier molecular flexibility index (Phi) is 6.29. The molecule has 0 radical (unpaired) electrons. The van der Waals surface area contributed by atoms with Crippen LogP contribution in [0.1, 0.15) is 19.4 Å². The first kappa shape index (κ1) is 20.0. The molecule has 1 fully saturated rings. The molecule has 0 atom stereocenters. The average Bonchev–Trinajstić information content (AvgIpc) is 2.88. The number of rotatable bonds is 5. The molecule has 4 nitrogen and oxygen atoms in total. The molecule has 0 aromatic heterocycles. The summed E-state index contributed by atoms with van der Waals surface area (Å²) in [4.78, 5) is 26.5. The Balaban J connectivity index is 1.81. The van der Waals surface area contributed by atoms with Gasteiger partial charge < -0.3 is 4.74 Å². The molecule has 0 spiro atoms. The van der Waals surface area contributed by atoms with Crippen molar-refractivity contribution in [1.82, 2.24) is 0 Å². The van der Waals surface area contributed by atoms with Gasteiger partial charge in [0.15, 0.2) is 0 Å². The van der Waals surface area contributed by atoms with Crippen LogP contribution in [-0.4, -0.2) is 17.8 Å². The van der Waals surface area contributed by atoms with Crippen LogP contribution in [0.15, 0.2) is 51.8 Å². The summed E-state index contributed by atoms with van der Waals surface area (Å²) in [6.07, 6.45) is 1.71. The quantitative estimate of drug-likeness (QED) is 0.480. The largest absolute Gasteiger partial charge is 0.492 e. The lowest BCUT2D eigenvalue weighted by molar-refractivity contribution is -0.113. The fourth-order valence-corrected chi connectivity index (χ4v) is 3.89. The molecule has 0 saturated carbocycles. The van der Waals surface area contributed by atoms with Crippen LogP contribution in [0.2, 0.25) is 5.02 Å². The van der Waals surface area contributed by atoms with Crippen molar-refractivity contribution in [1.29, 1.82) is 0 Å². The molecule has 0 bridgehead atoms. The van der Waals surface area contributed by atoms with Gasteiger partial charge in [0.2, 0.25) is 0 Å². The van der Waals surface area contributed by atoms with Gasteiger partial charge in [0.05, 0.1) is 21.7 Å². The fourth-order valence-electron chi connectivity index (χ4n) is 2.41. The van der Waals surface area contributed by atoms with E-state index in [-0.39, 0.29) is 11.1 Å². The van der Waals surface area contributed by atoms with Gasteiger partial charge in [-0.2, -0.15) is 0 Å². The molecular formula is C20H17BrClNO3S. The van der Waals surface area contributed by atoms with Gasteiger partial charge in [-0.05, 0) is 81.6 Å². The zero-order valence-corrected chi connectivity index (χ0v) is 17.9. The first-order chi connectivity index (χ1) is 12.8. The Hall–Kier alpha value is -1.76. The maximum Gasteiger partial charge on any atom is 0.298 e. The molecule has 27 heavy (non-hydrogen) atoms. The number of halogens is 2. The van der Waals surface area contributed by atoms with E-state index in [4.69, 9.17) is 16.3 Å². The summed E-state index contributed by atoms with van der Waals surface area (Å²) in [7, 11) is 0. The van der Waals surface area contributed by atoms with Crippen molar-refractivity contribution in [2.24, 2.45) is 5.92 Å². The summed E-state index contributed by atoms with van der Waals surface area (Å²) in [5.41, 5.74) is 1.31. The Bertz CT molecular complexity index is 912. The van der Waals surface area contributed by atoms with Crippen molar-refractivity contribution in [3.05, 3.63) is 62.4 Å². The number of hydrogen-bond acceptors (Lipinski definition) is 4. The number of hydrogen-bond donors (Lipinski definition) is 0. The predicted octanol–water partition coefficient (Wildman–Crippen LogP) is 6.38. The first-order valence-corrected chi connectivity index (χ1v) is 10.3. The number of benzene rings is 2. The lowest BCUT2D eigenvalue weighted by Crippen LogP contribution is -2.27. The maximum absolute atomic E-state index is 12.7. The van der Waals surface area contributed by atoms with E-state index >= 15 is 0 Å². The van der Waals surface area contributed by atoms with Crippen LogP contribution in [0.5, 0.6) is 5.75 Å². The molecular weight excluding hydrogens is 450 g/mol. The van der Waals surface area contributed by atoms with Gasteiger partial charge in [0.25, 0.3) is 11.1 Å². The number of carbonyl (C=O) groups is 2. The third-order valence-corrected chi connectivity index (χ3v) is 5.45. The van der Waals surface area contributed by atoms with Crippen molar-refractivity contribution in [3.8, 4) is 5.75 Å². The second kappa shape index (κ2) is 8.50. The van der Waals surface area contributed by atoms with Gasteiger partial charge >= 0.3 is 0 Å². The Morgan fingerprint density at radius 2 is 1.89 bits per heavy atom. The van der Waals surface area contributed by atoms with Crippen molar-refractivity contribution in [2.75, 3.05) is 11.5 Å². The van der Waals surface area contributed by atoms with Crippen LogP contribution in [-0.2, 0) is 4.79 Å². The predicted molar refractivity (Wildman–Crippen MR) is 114 cm³/mol. The standard InChI is InChI=1S/C20H17BrClNO3S/c1-12(2)11-26-17-8-3-13(9-16(17)21)10-18-19(24)23(20(25)27-18)15-6-4-14(22)5-7-15/h3-10,12H,11H2,1-2H3/b18-10-. The minimum Gasteiger partial charge on any atom is -0.492 e. The molecule has 2 amide bonds. The van der Waals surface area contributed by atoms with Crippen molar-refractivity contribution in [2.45, 2.75) is 13.8 Å². The summed E-state index contributed by atoms with van der Waals surface area (Å²) in [5.74, 6) is 0.828. The van der Waals surface area contributed by atoms with E-state index in [2.05, 4.69) is 29.8 Å². The summed E-state index contributed by atoms with van der Waals surface area (Å²) in [5, 5.41) is 0.218. The molecule has 1 aliphatic heterocycles. The number of thioether (sulfide) groups is 1. The van der Waals surface area contributed by atoms with E-state index < -0.39 is 0 Å². The van der Waals surface area contributed by atoms with Gasteiger partial charge in [-0.3, -0.25) is 9.59 Å². The van der Waals surface area contributed by atoms with E-state index in [1.54, 1.807) is 30.3 Å². The number of imide groups is 1. The average molecular weight is 467 g/mol. The van der Waals surface area contributed by atoms with Crippen LogP contribution in [0.3, 0.4) is 0 Å². The van der Waals surface area contributed by atoms with Crippen molar-refractivity contribution in [3.63, 3.8) is 0 Å². The lowest BCUT2D eigenvalue weighted by Gasteiger charge is -2.12. The highest BCUT2D eigenvalue weighted by molar-refractivity contribution is 9.10. The number of nitrogens with zero attached hydrogens (tertiary/aromatic N) is 1. The van der Waals surface area contributed by atoms with Crippen LogP contribution in [0.25, 0.3) is 6.08 Å². The molecule has 1 saturated heterocycles. The summed E-state index contributed by atoms with van der Waals surface area (Å²) >= 11 is 10.3. The fraction of sp³-hybridized carbons (Fsp3) is 0.200. The summed E-state index contributed by atoms with van der Waals surface area (Å²) in [6.45, 7) is 4.79. The molecule has 7 heteroatoms. The summed E-state index contributed by atoms with van der Waals surface area (Å²) < 4.78 is 6.53. The Morgan fingerprint density at radius 1 is 1.19 bits per heavy atom. The highest BCUT2D eigenvalue weighted by atomic mass is 79.9. The minimum atomic E-state index is -0.344. The van der Waals surface area contributed by atoms with E-state index in [1.807, 2.05) is 18.2 Å². The van der Waals surface area contributed by atoms with E-state index in [0.29, 0.717) is 28.1 Å². The Morgan fingerprint density at radius 3 is 2.52 bits per heavy atom. The molecule has 0 N–H and O–H groups in total. The number of amides is 2. The van der Waals surface area contributed by atoms with Gasteiger partial charge in [-0.15, -0.1) is 0 Å². The van der Waals surface area contributed by atoms with Gasteiger partial charge in [-0.25, -0.2) is 4.90 Å². The molecule has 1 heterocycles. The third kappa shape index (κ3) is 4.75. The van der Waals surface area contributed by atoms with E-state index in [1.165, 1.54) is 0 Å². The number of carbonyl (C=O) groups excluding carboxylic acids is 2. The SMILES string of the molecule is CC(C)COc1ccc(/C=C2\SC(=O)N(c3ccc(Cl)cc3)C2=O)cc1Br. The zero-order chi connectivity index (χ0) is 19.6. The van der Waals surface area contributed by atoms with Crippen LogP contribution in [0.4, 0.5) is 10.5 Å². The van der Waals surface area contributed by atoms with Crippen LogP contribution >= 0.6 is 39.3 Å². The first-order valence-electron chi connectivity index (χ1n) is 8.31. The van der Waals surface area contributed by atoms with Crippen LogP contribution < -0.4 is 9.64 Å². The lowest BCUT2D eigenvalue weighted by atomic mass is 10.2. The zero-order valence-electron chi connectivity index (χ0n) is 14.7. The number of ether oxygens (including phenoxy) is 1. The van der Waals surface area contributed by atoms with Gasteiger partial charge in [-0.1, -0.05) is 31.5 Å². The second-order valence-electron chi connectivity index (χ2n) is 6.39. The minimum absolute atomic E-state index is 0.329. The molecule has 1 aliphatic rings. The van der Waals surface area contributed by atoms with Crippen molar-refractivity contribution >= 4 is 62.2 Å². The van der Waals surface area contributed by atoms with Crippen LogP contribution in [0, 0.1) is 5.92 Å². The highest BCUT2D eigenvalue weighted by Gasteiger charge is 2.36. The normalized spacial score (nSPS) is 15.9. The molecule has 0 aliphatic carbocycles.